The van der Waals surface area contributed by atoms with Gasteiger partial charge in [-0.1, -0.05) is 24.4 Å². The van der Waals surface area contributed by atoms with Gasteiger partial charge in [0, 0.05) is 36.7 Å². The summed E-state index contributed by atoms with van der Waals surface area (Å²) < 4.78 is 30.3. The molecule has 15 heteroatoms. The predicted octanol–water partition coefficient (Wildman–Crippen LogP) is 6.59. The number of benzene rings is 2. The van der Waals surface area contributed by atoms with Crippen LogP contribution in [0.1, 0.15) is 68.9 Å². The van der Waals surface area contributed by atoms with E-state index in [9.17, 15) is 23.6 Å². The molecule has 13 nitrogen and oxygen atoms in total. The number of hydrogen-bond acceptors (Lipinski definition) is 9. The minimum atomic E-state index is -0.853. The van der Waals surface area contributed by atoms with Gasteiger partial charge in [-0.05, 0) is 62.9 Å². The summed E-state index contributed by atoms with van der Waals surface area (Å²) in [6, 6.07) is 7.36. The second kappa shape index (κ2) is 15.4. The Balaban J connectivity index is 1.35. The fourth-order valence-corrected chi connectivity index (χ4v) is 6.12. The SMILES string of the molecule is CCOC(=O)C1CCCCC(C(=O)N(C)CCCC2OC(=O)Nc3ccc(Cl)c(F)c32)c2nc(c[nH]2)-c2ccc(NC(=O)OC)cc2N1. The fraction of sp³-hybridized carbons (Fsp3) is 0.424. The third kappa shape index (κ3) is 7.81. The monoisotopic (exact) mass is 684 g/mol. The van der Waals surface area contributed by atoms with Crippen molar-refractivity contribution in [2.45, 2.75) is 63.5 Å². The number of imidazole rings is 1. The summed E-state index contributed by atoms with van der Waals surface area (Å²) in [6.45, 7) is 2.27. The summed E-state index contributed by atoms with van der Waals surface area (Å²) in [5, 5.41) is 8.34. The van der Waals surface area contributed by atoms with Crippen molar-refractivity contribution < 1.29 is 37.8 Å². The van der Waals surface area contributed by atoms with Gasteiger partial charge in [0.2, 0.25) is 5.91 Å². The van der Waals surface area contributed by atoms with E-state index in [-0.39, 0.29) is 29.5 Å². The maximum Gasteiger partial charge on any atom is 0.412 e. The Hall–Kier alpha value is -4.85. The molecule has 2 bridgehead atoms. The molecule has 0 spiro atoms. The first-order valence-electron chi connectivity index (χ1n) is 15.8. The molecular weight excluding hydrogens is 647 g/mol. The molecular formula is C33H38ClFN6O7. The number of aromatic nitrogens is 2. The first-order chi connectivity index (χ1) is 23.1. The zero-order chi connectivity index (χ0) is 34.4. The Morgan fingerprint density at radius 1 is 1.17 bits per heavy atom. The molecule has 0 aliphatic carbocycles. The topological polar surface area (TPSA) is 164 Å². The number of halogens is 2. The number of esters is 1. The van der Waals surface area contributed by atoms with Crippen LogP contribution in [0.2, 0.25) is 5.02 Å². The molecule has 3 aromatic rings. The molecule has 3 unspecified atom stereocenters. The Labute approximate surface area is 281 Å². The predicted molar refractivity (Wildman–Crippen MR) is 176 cm³/mol. The van der Waals surface area contributed by atoms with Crippen LogP contribution in [-0.4, -0.2) is 72.3 Å². The van der Waals surface area contributed by atoms with Gasteiger partial charge in [0.05, 0.1) is 41.6 Å². The lowest BCUT2D eigenvalue weighted by Gasteiger charge is -2.28. The van der Waals surface area contributed by atoms with Crippen molar-refractivity contribution in [3.8, 4) is 11.3 Å². The van der Waals surface area contributed by atoms with Crippen LogP contribution in [0.5, 0.6) is 0 Å². The number of anilines is 3. The summed E-state index contributed by atoms with van der Waals surface area (Å²) in [5.74, 6) is -1.34. The lowest BCUT2D eigenvalue weighted by Crippen LogP contribution is -2.34. The Kier molecular flexibility index (Phi) is 11.0. The molecule has 4 N–H and O–H groups in total. The second-order valence-corrected chi connectivity index (χ2v) is 12.0. The van der Waals surface area contributed by atoms with Crippen molar-refractivity contribution in [1.29, 1.82) is 0 Å². The van der Waals surface area contributed by atoms with E-state index in [4.69, 9.17) is 30.8 Å². The highest BCUT2D eigenvalue weighted by molar-refractivity contribution is 6.31. The van der Waals surface area contributed by atoms with Gasteiger partial charge in [-0.3, -0.25) is 15.4 Å². The van der Waals surface area contributed by atoms with Crippen molar-refractivity contribution in [1.82, 2.24) is 14.9 Å². The van der Waals surface area contributed by atoms with Crippen LogP contribution in [0.15, 0.2) is 36.5 Å². The molecule has 0 radical (unpaired) electrons. The number of methoxy groups -OCH3 is 1. The number of likely N-dealkylation sites (N-methyl/N-ethyl adjacent to an activating group) is 1. The number of fused-ring (bicyclic) bond motifs is 5. The van der Waals surface area contributed by atoms with E-state index >= 15 is 0 Å². The fourth-order valence-electron chi connectivity index (χ4n) is 5.95. The van der Waals surface area contributed by atoms with E-state index in [1.807, 2.05) is 0 Å². The molecule has 2 aliphatic heterocycles. The minimum absolute atomic E-state index is 0.0728. The molecule has 0 saturated heterocycles. The van der Waals surface area contributed by atoms with Crippen LogP contribution in [0.3, 0.4) is 0 Å². The number of carbonyl (C=O) groups excluding carboxylic acids is 4. The van der Waals surface area contributed by atoms with Gasteiger partial charge < -0.3 is 29.4 Å². The second-order valence-electron chi connectivity index (χ2n) is 11.6. The number of cyclic esters (lactones) is 1. The lowest BCUT2D eigenvalue weighted by molar-refractivity contribution is -0.144. The lowest BCUT2D eigenvalue weighted by atomic mass is 9.96. The molecule has 0 fully saturated rings. The van der Waals surface area contributed by atoms with E-state index in [0.717, 1.165) is 0 Å². The zero-order valence-electron chi connectivity index (χ0n) is 26.9. The standard InChI is InChI=1S/C33H38ClFN6O7/c1-4-47-31(43)23-9-6-5-8-20(29-36-17-25(39-29)19-12-11-18(16-24(19)38-23)37-32(44)46-3)30(42)41(2)15-7-10-26-27-22(40-33(45)48-26)14-13-21(34)28(27)35/h11-14,16-17,20,23,26,38H,4-10,15H2,1-3H3,(H,36,39)(H,37,44)(H,40,45). The normalized spacial score (nSPS) is 18.7. The number of nitrogens with one attached hydrogen (secondary N) is 4. The highest BCUT2D eigenvalue weighted by atomic mass is 35.5. The number of H-pyrrole nitrogens is 1. The molecule has 3 heterocycles. The van der Waals surface area contributed by atoms with Crippen LogP contribution in [-0.2, 0) is 23.8 Å². The Morgan fingerprint density at radius 2 is 1.96 bits per heavy atom. The largest absolute Gasteiger partial charge is 0.464 e. The number of nitrogens with zero attached hydrogens (tertiary/aromatic N) is 2. The van der Waals surface area contributed by atoms with Crippen molar-refractivity contribution >= 4 is 52.7 Å². The number of aromatic amines is 1. The number of carbonyl (C=O) groups is 4. The van der Waals surface area contributed by atoms with Crippen molar-refractivity contribution in [2.24, 2.45) is 0 Å². The first-order valence-corrected chi connectivity index (χ1v) is 16.2. The Bertz CT molecular complexity index is 1680. The van der Waals surface area contributed by atoms with E-state index in [2.05, 4.69) is 20.9 Å². The van der Waals surface area contributed by atoms with Crippen LogP contribution in [0.4, 0.5) is 31.0 Å². The molecule has 0 saturated carbocycles. The van der Waals surface area contributed by atoms with E-state index < -0.39 is 42.0 Å². The number of rotatable bonds is 8. The summed E-state index contributed by atoms with van der Waals surface area (Å²) in [5.41, 5.74) is 2.66. The van der Waals surface area contributed by atoms with E-state index in [0.29, 0.717) is 72.8 Å². The molecule has 3 atom stereocenters. The molecule has 5 rings (SSSR count). The summed E-state index contributed by atoms with van der Waals surface area (Å²) in [6.07, 6.45) is 2.37. The average Bonchev–Trinajstić information content (AvgIpc) is 3.54. The molecule has 256 valence electrons. The van der Waals surface area contributed by atoms with E-state index in [1.165, 1.54) is 19.2 Å². The smallest absolute Gasteiger partial charge is 0.412 e. The van der Waals surface area contributed by atoms with Crippen molar-refractivity contribution in [3.63, 3.8) is 0 Å². The molecule has 1 aromatic heterocycles. The maximum atomic E-state index is 14.9. The number of amides is 3. The maximum absolute atomic E-state index is 14.9. The van der Waals surface area contributed by atoms with Crippen LogP contribution < -0.4 is 16.0 Å². The van der Waals surface area contributed by atoms with Crippen LogP contribution in [0.25, 0.3) is 11.3 Å². The summed E-state index contributed by atoms with van der Waals surface area (Å²) >= 11 is 5.99. The highest BCUT2D eigenvalue weighted by Gasteiger charge is 2.32. The quantitative estimate of drug-likeness (QED) is 0.151. The molecule has 2 aromatic carbocycles. The van der Waals surface area contributed by atoms with Gasteiger partial charge in [0.1, 0.15) is 18.0 Å². The van der Waals surface area contributed by atoms with Crippen molar-refractivity contribution in [2.75, 3.05) is 43.3 Å². The third-order valence-corrected chi connectivity index (χ3v) is 8.66. The molecule has 2 aliphatic rings. The summed E-state index contributed by atoms with van der Waals surface area (Å²) in [7, 11) is 2.95. The Morgan fingerprint density at radius 3 is 2.73 bits per heavy atom. The van der Waals surface area contributed by atoms with Gasteiger partial charge in [-0.25, -0.2) is 23.8 Å². The van der Waals surface area contributed by atoms with Gasteiger partial charge in [-0.2, -0.15) is 0 Å². The van der Waals surface area contributed by atoms with Gasteiger partial charge in [-0.15, -0.1) is 0 Å². The minimum Gasteiger partial charge on any atom is -0.464 e. The average molecular weight is 685 g/mol. The van der Waals surface area contributed by atoms with E-state index in [1.54, 1.807) is 43.3 Å². The van der Waals surface area contributed by atoms with Crippen LogP contribution in [0, 0.1) is 5.82 Å². The zero-order valence-corrected chi connectivity index (χ0v) is 27.6. The highest BCUT2D eigenvalue weighted by Crippen LogP contribution is 2.39. The van der Waals surface area contributed by atoms with Gasteiger partial charge in [0.15, 0.2) is 5.82 Å². The molecule has 48 heavy (non-hydrogen) atoms. The number of ether oxygens (including phenoxy) is 3. The summed E-state index contributed by atoms with van der Waals surface area (Å²) in [4.78, 5) is 60.4. The van der Waals surface area contributed by atoms with Gasteiger partial charge >= 0.3 is 18.2 Å². The van der Waals surface area contributed by atoms with Crippen LogP contribution >= 0.6 is 11.6 Å². The van der Waals surface area contributed by atoms with Gasteiger partial charge in [0.25, 0.3) is 0 Å². The van der Waals surface area contributed by atoms with Crippen molar-refractivity contribution in [3.05, 3.63) is 58.8 Å². The third-order valence-electron chi connectivity index (χ3n) is 8.37. The molecule has 3 amide bonds. The number of hydrogen-bond donors (Lipinski definition) is 4. The first kappa shape index (κ1) is 34.5.